The molecule has 118 valence electrons. The number of benzene rings is 1. The summed E-state index contributed by atoms with van der Waals surface area (Å²) in [4.78, 5) is 0.110. The van der Waals surface area contributed by atoms with Crippen LogP contribution in [0.2, 0.25) is 0 Å². The predicted octanol–water partition coefficient (Wildman–Crippen LogP) is 1.11. The monoisotopic (exact) mass is 314 g/mol. The van der Waals surface area contributed by atoms with Crippen molar-refractivity contribution in [2.45, 2.75) is 36.7 Å². The average Bonchev–Trinajstić information content (AvgIpc) is 2.46. The number of rotatable bonds is 5. The van der Waals surface area contributed by atoms with Crippen molar-refractivity contribution in [1.29, 1.82) is 0 Å². The highest BCUT2D eigenvalue weighted by atomic mass is 32.2. The first-order valence-electron chi connectivity index (χ1n) is 7.05. The van der Waals surface area contributed by atoms with Gasteiger partial charge in [-0.05, 0) is 30.9 Å². The van der Waals surface area contributed by atoms with Crippen LogP contribution in [0.5, 0.6) is 5.75 Å². The Kier molecular flexibility index (Phi) is 5.08. The second kappa shape index (κ2) is 6.64. The third kappa shape index (κ3) is 3.87. The van der Waals surface area contributed by atoms with Gasteiger partial charge in [-0.15, -0.1) is 0 Å². The van der Waals surface area contributed by atoms with Crippen LogP contribution >= 0.6 is 0 Å². The van der Waals surface area contributed by atoms with Gasteiger partial charge in [-0.3, -0.25) is 0 Å². The molecule has 0 heterocycles. The molecule has 0 saturated heterocycles. The molecule has 2 atom stereocenters. The number of ether oxygens (including phenoxy) is 1. The third-order valence-electron chi connectivity index (χ3n) is 3.92. The van der Waals surface area contributed by atoms with E-state index >= 15 is 0 Å². The van der Waals surface area contributed by atoms with E-state index < -0.39 is 16.1 Å². The summed E-state index contributed by atoms with van der Waals surface area (Å²) in [6, 6.07) is 4.34. The summed E-state index contributed by atoms with van der Waals surface area (Å²) in [7, 11) is -2.19. The fraction of sp³-hybridized carbons (Fsp3) is 0.571. The zero-order chi connectivity index (χ0) is 15.5. The van der Waals surface area contributed by atoms with E-state index in [-0.39, 0.29) is 17.4 Å². The Hall–Kier alpha value is -1.31. The van der Waals surface area contributed by atoms with Crippen molar-refractivity contribution in [2.24, 2.45) is 5.92 Å². The van der Waals surface area contributed by atoms with Crippen molar-refractivity contribution in [1.82, 2.24) is 4.72 Å². The number of aliphatic hydroxyl groups is 1. The first-order chi connectivity index (χ1) is 9.94. The van der Waals surface area contributed by atoms with E-state index in [1.807, 2.05) is 0 Å². The molecule has 0 bridgehead atoms. The lowest BCUT2D eigenvalue weighted by molar-refractivity contribution is 0.0724. The van der Waals surface area contributed by atoms with Crippen LogP contribution < -0.4 is 15.2 Å². The SMILES string of the molecule is COc1cc(S(=O)(=O)NCC2CCCCC2O)ccc1N. The molecule has 1 fully saturated rings. The number of sulfonamides is 1. The predicted molar refractivity (Wildman–Crippen MR) is 80.6 cm³/mol. The van der Waals surface area contributed by atoms with Gasteiger partial charge in [0.2, 0.25) is 10.0 Å². The second-order valence-electron chi connectivity index (χ2n) is 5.37. The zero-order valence-electron chi connectivity index (χ0n) is 12.1. The van der Waals surface area contributed by atoms with Gasteiger partial charge < -0.3 is 15.6 Å². The molecular formula is C14H22N2O4S. The van der Waals surface area contributed by atoms with Gasteiger partial charge in [-0.25, -0.2) is 13.1 Å². The number of hydrogen-bond donors (Lipinski definition) is 3. The molecule has 6 nitrogen and oxygen atoms in total. The number of anilines is 1. The zero-order valence-corrected chi connectivity index (χ0v) is 12.9. The van der Waals surface area contributed by atoms with Crippen LogP contribution in [0.4, 0.5) is 5.69 Å². The Morgan fingerprint density at radius 3 is 2.76 bits per heavy atom. The molecule has 1 aromatic rings. The van der Waals surface area contributed by atoms with Gasteiger partial charge in [0.05, 0.1) is 23.8 Å². The molecule has 0 aromatic heterocycles. The maximum Gasteiger partial charge on any atom is 0.240 e. The van der Waals surface area contributed by atoms with Gasteiger partial charge in [-0.2, -0.15) is 0 Å². The van der Waals surface area contributed by atoms with E-state index in [1.165, 1.54) is 25.3 Å². The molecule has 2 rings (SSSR count). The topological polar surface area (TPSA) is 102 Å². The molecule has 1 aliphatic rings. The lowest BCUT2D eigenvalue weighted by Crippen LogP contribution is -2.36. The van der Waals surface area contributed by atoms with Crippen molar-refractivity contribution in [3.05, 3.63) is 18.2 Å². The van der Waals surface area contributed by atoms with E-state index in [2.05, 4.69) is 4.72 Å². The van der Waals surface area contributed by atoms with Crippen LogP contribution in [0.1, 0.15) is 25.7 Å². The molecule has 2 unspecified atom stereocenters. The fourth-order valence-electron chi connectivity index (χ4n) is 2.58. The van der Waals surface area contributed by atoms with Crippen LogP contribution in [0.25, 0.3) is 0 Å². The molecule has 0 aliphatic heterocycles. The Bertz CT molecular complexity index is 589. The van der Waals surface area contributed by atoms with Gasteiger partial charge in [-0.1, -0.05) is 12.8 Å². The summed E-state index contributed by atoms with van der Waals surface area (Å²) in [6.45, 7) is 0.246. The molecule has 7 heteroatoms. The summed E-state index contributed by atoms with van der Waals surface area (Å²) < 4.78 is 32.1. The van der Waals surface area contributed by atoms with Crippen LogP contribution in [-0.2, 0) is 10.0 Å². The highest BCUT2D eigenvalue weighted by Crippen LogP contribution is 2.26. The number of methoxy groups -OCH3 is 1. The van der Waals surface area contributed by atoms with Crippen LogP contribution in [0.15, 0.2) is 23.1 Å². The molecule has 0 spiro atoms. The molecule has 0 radical (unpaired) electrons. The summed E-state index contributed by atoms with van der Waals surface area (Å²) in [5.41, 5.74) is 6.07. The first kappa shape index (κ1) is 16.1. The number of nitrogens with one attached hydrogen (secondary N) is 1. The van der Waals surface area contributed by atoms with Gasteiger partial charge in [0.15, 0.2) is 0 Å². The Balaban J connectivity index is 2.07. The number of aliphatic hydroxyl groups excluding tert-OH is 1. The number of nitrogens with two attached hydrogens (primary N) is 1. The molecule has 1 saturated carbocycles. The molecule has 1 aliphatic carbocycles. The molecule has 21 heavy (non-hydrogen) atoms. The average molecular weight is 314 g/mol. The third-order valence-corrected chi connectivity index (χ3v) is 5.34. The van der Waals surface area contributed by atoms with E-state index in [0.717, 1.165) is 25.7 Å². The summed E-state index contributed by atoms with van der Waals surface area (Å²) >= 11 is 0. The van der Waals surface area contributed by atoms with Gasteiger partial charge in [0, 0.05) is 12.6 Å². The fourth-order valence-corrected chi connectivity index (χ4v) is 3.69. The summed E-state index contributed by atoms with van der Waals surface area (Å²) in [5, 5.41) is 9.88. The normalized spacial score (nSPS) is 23.0. The van der Waals surface area contributed by atoms with Gasteiger partial charge in [0.25, 0.3) is 0 Å². The van der Waals surface area contributed by atoms with Crippen LogP contribution in [-0.4, -0.2) is 33.3 Å². The van der Waals surface area contributed by atoms with E-state index in [9.17, 15) is 13.5 Å². The maximum absolute atomic E-state index is 12.3. The Labute approximate surface area is 125 Å². The highest BCUT2D eigenvalue weighted by Gasteiger charge is 2.25. The number of hydrogen-bond acceptors (Lipinski definition) is 5. The minimum atomic E-state index is -3.63. The molecule has 1 aromatic carbocycles. The minimum absolute atomic E-state index is 0.0239. The van der Waals surface area contributed by atoms with Crippen LogP contribution in [0, 0.1) is 5.92 Å². The first-order valence-corrected chi connectivity index (χ1v) is 8.53. The Morgan fingerprint density at radius 1 is 1.38 bits per heavy atom. The van der Waals surface area contributed by atoms with E-state index in [4.69, 9.17) is 10.5 Å². The van der Waals surface area contributed by atoms with Crippen molar-refractivity contribution in [3.63, 3.8) is 0 Å². The highest BCUT2D eigenvalue weighted by molar-refractivity contribution is 7.89. The molecule has 0 amide bonds. The maximum atomic E-state index is 12.3. The van der Waals surface area contributed by atoms with Crippen LogP contribution in [0.3, 0.4) is 0 Å². The molecule has 4 N–H and O–H groups in total. The summed E-state index contributed by atoms with van der Waals surface area (Å²) in [6.07, 6.45) is 3.18. The quantitative estimate of drug-likeness (QED) is 0.707. The largest absolute Gasteiger partial charge is 0.495 e. The lowest BCUT2D eigenvalue weighted by atomic mass is 9.87. The van der Waals surface area contributed by atoms with Crippen molar-refractivity contribution < 1.29 is 18.3 Å². The number of nitrogen functional groups attached to an aromatic ring is 1. The van der Waals surface area contributed by atoms with E-state index in [0.29, 0.717) is 11.4 Å². The van der Waals surface area contributed by atoms with Gasteiger partial charge in [0.1, 0.15) is 5.75 Å². The summed E-state index contributed by atoms with van der Waals surface area (Å²) in [5.74, 6) is 0.305. The minimum Gasteiger partial charge on any atom is -0.495 e. The van der Waals surface area contributed by atoms with E-state index in [1.54, 1.807) is 0 Å². The Morgan fingerprint density at radius 2 is 2.10 bits per heavy atom. The standard InChI is InChI=1S/C14H22N2O4S/c1-20-14-8-11(6-7-12(14)15)21(18,19)16-9-10-4-2-3-5-13(10)17/h6-8,10,13,16-17H,2-5,9,15H2,1H3. The van der Waals surface area contributed by atoms with Crippen molar-refractivity contribution in [2.75, 3.05) is 19.4 Å². The smallest absolute Gasteiger partial charge is 0.240 e. The van der Waals surface area contributed by atoms with Gasteiger partial charge >= 0.3 is 0 Å². The second-order valence-corrected chi connectivity index (χ2v) is 7.13. The molecular weight excluding hydrogens is 292 g/mol. The van der Waals surface area contributed by atoms with Crippen molar-refractivity contribution >= 4 is 15.7 Å². The lowest BCUT2D eigenvalue weighted by Gasteiger charge is -2.27. The van der Waals surface area contributed by atoms with Crippen molar-refractivity contribution in [3.8, 4) is 5.75 Å².